The number of rotatable bonds is 4. The average molecular weight is 291 g/mol. The van der Waals surface area contributed by atoms with Crippen LogP contribution < -0.4 is 10.9 Å². The number of aryl methyl sites for hydroxylation is 1. The molecule has 0 aliphatic rings. The summed E-state index contributed by atoms with van der Waals surface area (Å²) in [6, 6.07) is 5.94. The third kappa shape index (κ3) is 3.77. The van der Waals surface area contributed by atoms with E-state index < -0.39 is 0 Å². The van der Waals surface area contributed by atoms with Gasteiger partial charge in [0.1, 0.15) is 5.82 Å². The zero-order valence-corrected chi connectivity index (χ0v) is 13.2. The highest BCUT2D eigenvalue weighted by Crippen LogP contribution is 2.35. The molecular formula is C15H21N3OS. The summed E-state index contributed by atoms with van der Waals surface area (Å²) in [5.74, 6) is 0.681. The second-order valence-electron chi connectivity index (χ2n) is 6.03. The highest BCUT2D eigenvalue weighted by Gasteiger charge is 2.26. The topological polar surface area (TPSA) is 57.8 Å². The summed E-state index contributed by atoms with van der Waals surface area (Å²) in [7, 11) is 0. The van der Waals surface area contributed by atoms with Crippen molar-refractivity contribution >= 4 is 11.3 Å². The van der Waals surface area contributed by atoms with Crippen molar-refractivity contribution in [2.75, 3.05) is 0 Å². The summed E-state index contributed by atoms with van der Waals surface area (Å²) >= 11 is 1.74. The van der Waals surface area contributed by atoms with Crippen molar-refractivity contribution in [3.8, 4) is 0 Å². The van der Waals surface area contributed by atoms with Gasteiger partial charge in [0, 0.05) is 22.7 Å². The van der Waals surface area contributed by atoms with Gasteiger partial charge in [-0.05, 0) is 23.8 Å². The van der Waals surface area contributed by atoms with Crippen molar-refractivity contribution in [2.45, 2.75) is 40.3 Å². The number of nitrogens with one attached hydrogen (secondary N) is 2. The maximum atomic E-state index is 11.5. The third-order valence-electron chi connectivity index (χ3n) is 3.09. The quantitative estimate of drug-likeness (QED) is 0.910. The second-order valence-corrected chi connectivity index (χ2v) is 7.01. The van der Waals surface area contributed by atoms with Gasteiger partial charge in [0.05, 0.1) is 6.54 Å². The molecule has 2 rings (SSSR count). The van der Waals surface area contributed by atoms with Crippen molar-refractivity contribution in [3.63, 3.8) is 0 Å². The molecule has 20 heavy (non-hydrogen) atoms. The van der Waals surface area contributed by atoms with Gasteiger partial charge in [-0.25, -0.2) is 4.98 Å². The van der Waals surface area contributed by atoms with Crippen LogP contribution in [0.25, 0.3) is 0 Å². The largest absolute Gasteiger partial charge is 0.309 e. The number of thiophene rings is 1. The number of aromatic amines is 1. The Balaban J connectivity index is 2.15. The van der Waals surface area contributed by atoms with Gasteiger partial charge in [-0.3, -0.25) is 4.79 Å². The average Bonchev–Trinajstić information content (AvgIpc) is 2.79. The standard InChI is InChI=1S/C15H21N3OS/c1-10-8-13(19)18-12(17-10)9-16-14(15(2,3)4)11-6-5-7-20-11/h5-8,14,16H,9H2,1-4H3,(H,17,18,19)/t14-/m1/s1. The lowest BCUT2D eigenvalue weighted by molar-refractivity contribution is 0.273. The molecule has 0 amide bonds. The maximum Gasteiger partial charge on any atom is 0.251 e. The van der Waals surface area contributed by atoms with Crippen LogP contribution in [0.15, 0.2) is 28.4 Å². The molecule has 2 aromatic heterocycles. The van der Waals surface area contributed by atoms with Crippen LogP contribution in [-0.2, 0) is 6.54 Å². The summed E-state index contributed by atoms with van der Waals surface area (Å²) in [5, 5.41) is 5.60. The minimum absolute atomic E-state index is 0.0922. The molecule has 0 saturated carbocycles. The van der Waals surface area contributed by atoms with E-state index in [4.69, 9.17) is 0 Å². The summed E-state index contributed by atoms with van der Waals surface area (Å²) in [6.45, 7) is 9.00. The molecule has 0 radical (unpaired) electrons. The minimum atomic E-state index is -0.0993. The molecule has 0 unspecified atom stereocenters. The van der Waals surface area contributed by atoms with E-state index >= 15 is 0 Å². The Morgan fingerprint density at radius 1 is 1.45 bits per heavy atom. The van der Waals surface area contributed by atoms with Gasteiger partial charge in [0.15, 0.2) is 0 Å². The molecule has 1 atom stereocenters. The predicted molar refractivity (Wildman–Crippen MR) is 82.9 cm³/mol. The molecule has 4 nitrogen and oxygen atoms in total. The molecule has 0 aliphatic carbocycles. The first-order chi connectivity index (χ1) is 9.36. The normalized spacial score (nSPS) is 13.4. The van der Waals surface area contributed by atoms with Gasteiger partial charge in [0.2, 0.25) is 0 Å². The van der Waals surface area contributed by atoms with Crippen molar-refractivity contribution in [1.29, 1.82) is 0 Å². The smallest absolute Gasteiger partial charge is 0.251 e. The van der Waals surface area contributed by atoms with Crippen LogP contribution in [0.4, 0.5) is 0 Å². The molecule has 2 N–H and O–H groups in total. The van der Waals surface area contributed by atoms with E-state index in [-0.39, 0.29) is 17.0 Å². The molecule has 108 valence electrons. The zero-order chi connectivity index (χ0) is 14.8. The number of aromatic nitrogens is 2. The van der Waals surface area contributed by atoms with Gasteiger partial charge >= 0.3 is 0 Å². The highest BCUT2D eigenvalue weighted by atomic mass is 32.1. The van der Waals surface area contributed by atoms with E-state index in [1.54, 1.807) is 11.3 Å². The Morgan fingerprint density at radius 3 is 2.75 bits per heavy atom. The van der Waals surface area contributed by atoms with E-state index in [0.29, 0.717) is 12.4 Å². The van der Waals surface area contributed by atoms with Crippen molar-refractivity contribution in [3.05, 3.63) is 50.3 Å². The monoisotopic (exact) mass is 291 g/mol. The Hall–Kier alpha value is -1.46. The Bertz CT molecular complexity index is 611. The van der Waals surface area contributed by atoms with Crippen molar-refractivity contribution in [2.24, 2.45) is 5.41 Å². The maximum absolute atomic E-state index is 11.5. The van der Waals surface area contributed by atoms with Crippen molar-refractivity contribution < 1.29 is 0 Å². The van der Waals surface area contributed by atoms with Crippen LogP contribution in [0.1, 0.15) is 43.2 Å². The Morgan fingerprint density at radius 2 is 2.20 bits per heavy atom. The van der Waals surface area contributed by atoms with Crippen LogP contribution in [0.2, 0.25) is 0 Å². The van der Waals surface area contributed by atoms with Crippen LogP contribution in [0.3, 0.4) is 0 Å². The minimum Gasteiger partial charge on any atom is -0.309 e. The molecular weight excluding hydrogens is 270 g/mol. The van der Waals surface area contributed by atoms with Gasteiger partial charge in [0.25, 0.3) is 5.56 Å². The van der Waals surface area contributed by atoms with E-state index in [1.807, 2.05) is 6.92 Å². The molecule has 2 aromatic rings. The van der Waals surface area contributed by atoms with Crippen LogP contribution in [0.5, 0.6) is 0 Å². The van der Waals surface area contributed by atoms with Crippen LogP contribution in [-0.4, -0.2) is 9.97 Å². The lowest BCUT2D eigenvalue weighted by Crippen LogP contribution is -2.32. The van der Waals surface area contributed by atoms with Crippen molar-refractivity contribution in [1.82, 2.24) is 15.3 Å². The fraction of sp³-hybridized carbons (Fsp3) is 0.467. The summed E-state index contributed by atoms with van der Waals surface area (Å²) in [4.78, 5) is 19.9. The number of nitrogens with zero attached hydrogens (tertiary/aromatic N) is 1. The lowest BCUT2D eigenvalue weighted by atomic mass is 9.86. The Kier molecular flexibility index (Phi) is 4.40. The van der Waals surface area contributed by atoms with Gasteiger partial charge < -0.3 is 10.3 Å². The second kappa shape index (κ2) is 5.89. The van der Waals surface area contributed by atoms with Crippen LogP contribution in [0, 0.1) is 12.3 Å². The highest BCUT2D eigenvalue weighted by molar-refractivity contribution is 7.10. The number of hydrogen-bond acceptors (Lipinski definition) is 4. The zero-order valence-electron chi connectivity index (χ0n) is 12.4. The molecule has 0 aliphatic heterocycles. The van der Waals surface area contributed by atoms with Gasteiger partial charge in [-0.2, -0.15) is 0 Å². The van der Waals surface area contributed by atoms with Gasteiger partial charge in [-0.15, -0.1) is 11.3 Å². The first kappa shape index (κ1) is 14.9. The molecule has 5 heteroatoms. The summed E-state index contributed by atoms with van der Waals surface area (Å²) in [6.07, 6.45) is 0. The first-order valence-corrected chi connectivity index (χ1v) is 7.58. The van der Waals surface area contributed by atoms with Crippen LogP contribution >= 0.6 is 11.3 Å². The van der Waals surface area contributed by atoms with E-state index in [2.05, 4.69) is 53.6 Å². The SMILES string of the molecule is Cc1cc(=O)[nH]c(CN[C@H](c2cccs2)C(C)(C)C)n1. The predicted octanol–water partition coefficient (Wildman–Crippen LogP) is 3.02. The fourth-order valence-corrected chi connectivity index (χ4v) is 3.26. The lowest BCUT2D eigenvalue weighted by Gasteiger charge is -2.30. The molecule has 0 saturated heterocycles. The molecule has 0 fully saturated rings. The number of hydrogen-bond donors (Lipinski definition) is 2. The van der Waals surface area contributed by atoms with E-state index in [9.17, 15) is 4.79 Å². The molecule has 2 heterocycles. The third-order valence-corrected chi connectivity index (χ3v) is 4.02. The van der Waals surface area contributed by atoms with Gasteiger partial charge in [-0.1, -0.05) is 26.8 Å². The summed E-state index contributed by atoms with van der Waals surface area (Å²) < 4.78 is 0. The first-order valence-electron chi connectivity index (χ1n) is 6.70. The Labute approximate surface area is 123 Å². The molecule has 0 spiro atoms. The molecule has 0 bridgehead atoms. The van der Waals surface area contributed by atoms with E-state index in [1.165, 1.54) is 10.9 Å². The molecule has 0 aromatic carbocycles. The van der Waals surface area contributed by atoms with E-state index in [0.717, 1.165) is 5.69 Å². The number of H-pyrrole nitrogens is 1. The fourth-order valence-electron chi connectivity index (χ4n) is 2.21. The summed E-state index contributed by atoms with van der Waals surface area (Å²) in [5.41, 5.74) is 0.737.